The van der Waals surface area contributed by atoms with Crippen molar-refractivity contribution in [3.63, 3.8) is 0 Å². The number of ether oxygens (including phenoxy) is 2. The first-order chi connectivity index (χ1) is 14.1. The first kappa shape index (κ1) is 20.4. The predicted molar refractivity (Wildman–Crippen MR) is 113 cm³/mol. The molecule has 1 aromatic heterocycles. The summed E-state index contributed by atoms with van der Waals surface area (Å²) in [5.74, 6) is 1.53. The first-order valence-corrected chi connectivity index (χ1v) is 9.70. The van der Waals surface area contributed by atoms with Gasteiger partial charge >= 0.3 is 0 Å². The van der Waals surface area contributed by atoms with Crippen molar-refractivity contribution in [2.45, 2.75) is 33.0 Å². The van der Waals surface area contributed by atoms with Crippen LogP contribution in [0, 0.1) is 6.92 Å². The van der Waals surface area contributed by atoms with Crippen LogP contribution in [-0.2, 0) is 17.8 Å². The molecule has 0 aliphatic rings. The summed E-state index contributed by atoms with van der Waals surface area (Å²) in [5.41, 5.74) is 2.98. The predicted octanol–water partition coefficient (Wildman–Crippen LogP) is 4.10. The topological polar surface area (TPSA) is 60.5 Å². The molecule has 1 atom stereocenters. The van der Waals surface area contributed by atoms with Gasteiger partial charge in [0.05, 0.1) is 13.0 Å². The van der Waals surface area contributed by atoms with E-state index in [9.17, 15) is 4.79 Å². The molecule has 0 aliphatic carbocycles. The molecule has 0 saturated carbocycles. The smallest absolute Gasteiger partial charge is 0.224 e. The standard InChI is InChI=1S/C24H26N2O3/c1-18-7-3-4-11-23(18)29-19(2)15-26-24(27)14-20-8-5-10-22(13-20)28-17-21-9-6-12-25-16-21/h3-13,16,19H,14-15,17H2,1-2H3,(H,26,27). The molecular formula is C24H26N2O3. The average Bonchev–Trinajstić information content (AvgIpc) is 2.73. The van der Waals surface area contributed by atoms with Gasteiger partial charge in [-0.05, 0) is 49.2 Å². The SMILES string of the molecule is Cc1ccccc1OC(C)CNC(=O)Cc1cccc(OCc2cccnc2)c1. The Morgan fingerprint density at radius 3 is 2.69 bits per heavy atom. The Morgan fingerprint density at radius 2 is 1.90 bits per heavy atom. The van der Waals surface area contributed by atoms with E-state index in [-0.39, 0.29) is 12.0 Å². The van der Waals surface area contributed by atoms with Crippen molar-refractivity contribution in [1.29, 1.82) is 0 Å². The molecule has 0 bridgehead atoms. The number of nitrogens with one attached hydrogen (secondary N) is 1. The Bertz CT molecular complexity index is 928. The summed E-state index contributed by atoms with van der Waals surface area (Å²) >= 11 is 0. The lowest BCUT2D eigenvalue weighted by Gasteiger charge is -2.17. The third-order valence-corrected chi connectivity index (χ3v) is 4.40. The monoisotopic (exact) mass is 390 g/mol. The number of amides is 1. The Kier molecular flexibility index (Phi) is 7.22. The molecule has 5 heteroatoms. The summed E-state index contributed by atoms with van der Waals surface area (Å²) < 4.78 is 11.7. The molecule has 2 aromatic carbocycles. The highest BCUT2D eigenvalue weighted by atomic mass is 16.5. The molecule has 1 unspecified atom stereocenters. The van der Waals surface area contributed by atoms with E-state index in [0.717, 1.165) is 28.2 Å². The molecule has 1 amide bonds. The molecule has 1 heterocycles. The second kappa shape index (κ2) is 10.3. The van der Waals surface area contributed by atoms with Gasteiger partial charge in [0.2, 0.25) is 5.91 Å². The lowest BCUT2D eigenvalue weighted by molar-refractivity contribution is -0.120. The van der Waals surface area contributed by atoms with Gasteiger partial charge in [-0.3, -0.25) is 9.78 Å². The highest BCUT2D eigenvalue weighted by Crippen LogP contribution is 2.18. The van der Waals surface area contributed by atoms with Gasteiger partial charge in [0.15, 0.2) is 0 Å². The minimum absolute atomic E-state index is 0.0466. The van der Waals surface area contributed by atoms with Crippen molar-refractivity contribution in [2.24, 2.45) is 0 Å². The molecule has 1 N–H and O–H groups in total. The zero-order valence-electron chi connectivity index (χ0n) is 16.8. The number of nitrogens with zero attached hydrogens (tertiary/aromatic N) is 1. The van der Waals surface area contributed by atoms with E-state index in [4.69, 9.17) is 9.47 Å². The molecule has 0 aliphatic heterocycles. The molecule has 0 spiro atoms. The maximum Gasteiger partial charge on any atom is 0.224 e. The van der Waals surface area contributed by atoms with E-state index in [1.807, 2.05) is 74.5 Å². The Morgan fingerprint density at radius 1 is 1.07 bits per heavy atom. The van der Waals surface area contributed by atoms with Crippen molar-refractivity contribution in [3.8, 4) is 11.5 Å². The van der Waals surface area contributed by atoms with Crippen LogP contribution in [0.2, 0.25) is 0 Å². The zero-order chi connectivity index (χ0) is 20.5. The third kappa shape index (κ3) is 6.64. The number of benzene rings is 2. The van der Waals surface area contributed by atoms with Gasteiger partial charge in [0.25, 0.3) is 0 Å². The number of rotatable bonds is 9. The molecule has 0 saturated heterocycles. The Hall–Kier alpha value is -3.34. The van der Waals surface area contributed by atoms with E-state index < -0.39 is 0 Å². The number of hydrogen-bond acceptors (Lipinski definition) is 4. The van der Waals surface area contributed by atoms with Crippen LogP contribution < -0.4 is 14.8 Å². The fourth-order valence-corrected chi connectivity index (χ4v) is 2.85. The zero-order valence-corrected chi connectivity index (χ0v) is 16.8. The number of hydrogen-bond donors (Lipinski definition) is 1. The fourth-order valence-electron chi connectivity index (χ4n) is 2.85. The van der Waals surface area contributed by atoms with Crippen molar-refractivity contribution >= 4 is 5.91 Å². The number of carbonyl (C=O) groups is 1. The van der Waals surface area contributed by atoms with Gasteiger partial charge in [0.1, 0.15) is 24.2 Å². The first-order valence-electron chi connectivity index (χ1n) is 9.70. The van der Waals surface area contributed by atoms with Crippen LogP contribution in [0.15, 0.2) is 73.1 Å². The quantitative estimate of drug-likeness (QED) is 0.598. The van der Waals surface area contributed by atoms with E-state index in [1.54, 1.807) is 12.4 Å². The maximum absolute atomic E-state index is 12.3. The van der Waals surface area contributed by atoms with Gasteiger partial charge in [-0.2, -0.15) is 0 Å². The molecule has 3 aromatic rings. The second-order valence-corrected chi connectivity index (χ2v) is 6.97. The van der Waals surface area contributed by atoms with Crippen LogP contribution in [0.5, 0.6) is 11.5 Å². The summed E-state index contributed by atoms with van der Waals surface area (Å²) in [6.07, 6.45) is 3.68. The largest absolute Gasteiger partial charge is 0.489 e. The lowest BCUT2D eigenvalue weighted by Crippen LogP contribution is -2.34. The third-order valence-electron chi connectivity index (χ3n) is 4.40. The molecule has 0 radical (unpaired) electrons. The molecular weight excluding hydrogens is 364 g/mol. The maximum atomic E-state index is 12.3. The normalized spacial score (nSPS) is 11.5. The lowest BCUT2D eigenvalue weighted by atomic mass is 10.1. The minimum atomic E-state index is -0.116. The summed E-state index contributed by atoms with van der Waals surface area (Å²) in [4.78, 5) is 16.4. The van der Waals surface area contributed by atoms with E-state index in [0.29, 0.717) is 19.6 Å². The van der Waals surface area contributed by atoms with Crippen LogP contribution in [0.1, 0.15) is 23.6 Å². The Labute approximate surface area is 171 Å². The minimum Gasteiger partial charge on any atom is -0.489 e. The molecule has 0 fully saturated rings. The van der Waals surface area contributed by atoms with Crippen molar-refractivity contribution in [1.82, 2.24) is 10.3 Å². The summed E-state index contributed by atoms with van der Waals surface area (Å²) in [6, 6.07) is 19.3. The summed E-state index contributed by atoms with van der Waals surface area (Å²) in [7, 11) is 0. The molecule has 3 rings (SSSR count). The number of para-hydroxylation sites is 1. The number of aromatic nitrogens is 1. The van der Waals surface area contributed by atoms with Crippen LogP contribution in [0.25, 0.3) is 0 Å². The highest BCUT2D eigenvalue weighted by molar-refractivity contribution is 5.78. The Balaban J connectivity index is 1.46. The van der Waals surface area contributed by atoms with E-state index >= 15 is 0 Å². The summed E-state index contributed by atoms with van der Waals surface area (Å²) in [6.45, 7) is 4.84. The molecule has 150 valence electrons. The average molecular weight is 390 g/mol. The number of pyridine rings is 1. The van der Waals surface area contributed by atoms with Crippen LogP contribution >= 0.6 is 0 Å². The molecule has 5 nitrogen and oxygen atoms in total. The van der Waals surface area contributed by atoms with Crippen molar-refractivity contribution in [2.75, 3.05) is 6.54 Å². The highest BCUT2D eigenvalue weighted by Gasteiger charge is 2.09. The van der Waals surface area contributed by atoms with Gasteiger partial charge in [0, 0.05) is 18.0 Å². The van der Waals surface area contributed by atoms with Crippen LogP contribution in [-0.4, -0.2) is 23.5 Å². The van der Waals surface area contributed by atoms with Crippen molar-refractivity contribution in [3.05, 3.63) is 89.7 Å². The number of aryl methyl sites for hydroxylation is 1. The van der Waals surface area contributed by atoms with Crippen molar-refractivity contribution < 1.29 is 14.3 Å². The molecule has 29 heavy (non-hydrogen) atoms. The van der Waals surface area contributed by atoms with Gasteiger partial charge < -0.3 is 14.8 Å². The number of carbonyl (C=O) groups excluding carboxylic acids is 1. The fraction of sp³-hybridized carbons (Fsp3) is 0.250. The summed E-state index contributed by atoms with van der Waals surface area (Å²) in [5, 5.41) is 2.93. The van der Waals surface area contributed by atoms with E-state index in [2.05, 4.69) is 10.3 Å². The second-order valence-electron chi connectivity index (χ2n) is 6.97. The van der Waals surface area contributed by atoms with Gasteiger partial charge in [-0.15, -0.1) is 0 Å². The van der Waals surface area contributed by atoms with Gasteiger partial charge in [-0.25, -0.2) is 0 Å². The van der Waals surface area contributed by atoms with Gasteiger partial charge in [-0.1, -0.05) is 36.4 Å². The van der Waals surface area contributed by atoms with Crippen LogP contribution in [0.4, 0.5) is 0 Å². The van der Waals surface area contributed by atoms with E-state index in [1.165, 1.54) is 0 Å². The van der Waals surface area contributed by atoms with Crippen LogP contribution in [0.3, 0.4) is 0 Å².